The summed E-state index contributed by atoms with van der Waals surface area (Å²) in [5.41, 5.74) is 4.63. The summed E-state index contributed by atoms with van der Waals surface area (Å²) >= 11 is 0. The molecule has 0 fully saturated rings. The molecule has 0 bridgehead atoms. The maximum absolute atomic E-state index is 11.4. The summed E-state index contributed by atoms with van der Waals surface area (Å²) in [4.78, 5) is 11.4. The number of carbonyl (C=O) groups is 1. The molecule has 0 radical (unpaired) electrons. The summed E-state index contributed by atoms with van der Waals surface area (Å²) in [5.74, 6) is -0.327. The van der Waals surface area contributed by atoms with Crippen molar-refractivity contribution in [3.63, 3.8) is 0 Å². The Labute approximate surface area is 98.4 Å². The van der Waals surface area contributed by atoms with Gasteiger partial charge in [-0.3, -0.25) is 4.79 Å². The third-order valence-electron chi connectivity index (χ3n) is 2.11. The molecule has 0 spiro atoms. The van der Waals surface area contributed by atoms with Crippen LogP contribution < -0.4 is 11.1 Å². The van der Waals surface area contributed by atoms with E-state index in [4.69, 9.17) is 10.8 Å². The van der Waals surface area contributed by atoms with Gasteiger partial charge in [-0.2, -0.15) is 0 Å². The smallest absolute Gasteiger partial charge is 0.241 e. The molecule has 8 nitrogen and oxygen atoms in total. The number of aliphatic hydroxyl groups is 2. The van der Waals surface area contributed by atoms with Crippen molar-refractivity contribution in [1.82, 2.24) is 20.3 Å². The van der Waals surface area contributed by atoms with E-state index >= 15 is 0 Å². The molecule has 17 heavy (non-hydrogen) atoms. The quantitative estimate of drug-likeness (QED) is 0.441. The number of amides is 1. The second kappa shape index (κ2) is 5.71. The van der Waals surface area contributed by atoms with Gasteiger partial charge in [0.2, 0.25) is 5.91 Å². The molecule has 0 aliphatic rings. The van der Waals surface area contributed by atoms with Gasteiger partial charge in [0.25, 0.3) is 0 Å². The fraction of sp³-hybridized carbons (Fsp3) is 0.667. The number of carbonyl (C=O) groups excluding carboxylic acids is 1. The van der Waals surface area contributed by atoms with Gasteiger partial charge in [-0.25, -0.2) is 4.68 Å². The molecule has 1 aromatic heterocycles. The molecule has 1 heterocycles. The zero-order chi connectivity index (χ0) is 12.9. The zero-order valence-electron chi connectivity index (χ0n) is 9.63. The van der Waals surface area contributed by atoms with Crippen molar-refractivity contribution in [3.05, 3.63) is 11.9 Å². The van der Waals surface area contributed by atoms with Gasteiger partial charge in [-0.05, 0) is 6.92 Å². The van der Waals surface area contributed by atoms with Crippen molar-refractivity contribution in [3.8, 4) is 0 Å². The topological polar surface area (TPSA) is 126 Å². The highest BCUT2D eigenvalue weighted by atomic mass is 16.3. The molecule has 5 N–H and O–H groups in total. The van der Waals surface area contributed by atoms with Gasteiger partial charge in [0, 0.05) is 13.1 Å². The van der Waals surface area contributed by atoms with Crippen LogP contribution >= 0.6 is 0 Å². The molecule has 0 aliphatic carbocycles. The number of nitrogens with one attached hydrogen (secondary N) is 1. The maximum atomic E-state index is 11.4. The molecule has 1 atom stereocenters. The van der Waals surface area contributed by atoms with E-state index in [-0.39, 0.29) is 25.5 Å². The molecular weight excluding hydrogens is 226 g/mol. The third-order valence-corrected chi connectivity index (χ3v) is 2.11. The monoisotopic (exact) mass is 243 g/mol. The van der Waals surface area contributed by atoms with E-state index in [2.05, 4.69) is 15.6 Å². The van der Waals surface area contributed by atoms with Crippen LogP contribution in [0.1, 0.15) is 12.6 Å². The van der Waals surface area contributed by atoms with Crippen LogP contribution in [0.2, 0.25) is 0 Å². The second-order valence-electron chi connectivity index (χ2n) is 4.04. The van der Waals surface area contributed by atoms with Crippen molar-refractivity contribution in [2.45, 2.75) is 25.6 Å². The van der Waals surface area contributed by atoms with Crippen molar-refractivity contribution < 1.29 is 15.0 Å². The lowest BCUT2D eigenvalue weighted by molar-refractivity contribution is -0.123. The number of rotatable bonds is 6. The van der Waals surface area contributed by atoms with Gasteiger partial charge >= 0.3 is 0 Å². The first-order valence-corrected chi connectivity index (χ1v) is 5.16. The average Bonchev–Trinajstić information content (AvgIpc) is 2.74. The molecular formula is C9H17N5O3. The molecule has 1 rings (SSSR count). The van der Waals surface area contributed by atoms with Gasteiger partial charge in [-0.15, -0.1) is 5.10 Å². The van der Waals surface area contributed by atoms with E-state index in [0.717, 1.165) is 0 Å². The number of aromatic nitrogens is 3. The molecule has 0 aromatic carbocycles. The third kappa shape index (κ3) is 4.47. The van der Waals surface area contributed by atoms with E-state index < -0.39 is 12.2 Å². The van der Waals surface area contributed by atoms with E-state index in [1.807, 2.05) is 0 Å². The number of nitrogens with two attached hydrogens (primary N) is 1. The van der Waals surface area contributed by atoms with Crippen molar-refractivity contribution >= 4 is 5.91 Å². The lowest BCUT2D eigenvalue weighted by atomic mass is 10.1. The predicted molar refractivity (Wildman–Crippen MR) is 58.6 cm³/mol. The fourth-order valence-electron chi connectivity index (χ4n) is 1.06. The lowest BCUT2D eigenvalue weighted by Gasteiger charge is -2.20. The van der Waals surface area contributed by atoms with Gasteiger partial charge in [-0.1, -0.05) is 5.21 Å². The van der Waals surface area contributed by atoms with Crippen molar-refractivity contribution in [1.29, 1.82) is 0 Å². The molecule has 0 saturated heterocycles. The summed E-state index contributed by atoms with van der Waals surface area (Å²) in [5, 5.41) is 28.2. The standard InChI is InChI=1S/C9H17N5O3/c1-9(17,6-15)5-11-8(16)4-14-3-7(2-10)12-13-14/h3,15,17H,2,4-6,10H2,1H3,(H,11,16). The fourth-order valence-corrected chi connectivity index (χ4v) is 1.06. The Morgan fingerprint density at radius 2 is 2.41 bits per heavy atom. The number of hydrogen-bond acceptors (Lipinski definition) is 6. The van der Waals surface area contributed by atoms with E-state index in [1.165, 1.54) is 11.6 Å². The van der Waals surface area contributed by atoms with Gasteiger partial charge < -0.3 is 21.3 Å². The first kappa shape index (κ1) is 13.6. The van der Waals surface area contributed by atoms with Crippen LogP contribution in [0.25, 0.3) is 0 Å². The van der Waals surface area contributed by atoms with Crippen LogP contribution in [-0.4, -0.2) is 49.9 Å². The minimum Gasteiger partial charge on any atom is -0.393 e. The molecule has 0 aliphatic heterocycles. The number of hydrogen-bond donors (Lipinski definition) is 4. The Morgan fingerprint density at radius 3 is 2.94 bits per heavy atom. The van der Waals surface area contributed by atoms with Crippen LogP contribution in [0.4, 0.5) is 0 Å². The number of nitrogens with zero attached hydrogens (tertiary/aromatic N) is 3. The minimum atomic E-state index is -1.32. The Morgan fingerprint density at radius 1 is 1.71 bits per heavy atom. The summed E-state index contributed by atoms with van der Waals surface area (Å²) in [6.45, 7) is 1.24. The SMILES string of the molecule is CC(O)(CO)CNC(=O)Cn1cc(CN)nn1. The lowest BCUT2D eigenvalue weighted by Crippen LogP contribution is -2.44. The van der Waals surface area contributed by atoms with Crippen LogP contribution in [0.3, 0.4) is 0 Å². The molecule has 0 saturated carbocycles. The van der Waals surface area contributed by atoms with Gasteiger partial charge in [0.15, 0.2) is 0 Å². The van der Waals surface area contributed by atoms with Crippen LogP contribution in [0.15, 0.2) is 6.20 Å². The van der Waals surface area contributed by atoms with E-state index in [0.29, 0.717) is 5.69 Å². The summed E-state index contributed by atoms with van der Waals surface area (Å²) in [6.07, 6.45) is 1.57. The highest BCUT2D eigenvalue weighted by Gasteiger charge is 2.19. The molecule has 8 heteroatoms. The first-order chi connectivity index (χ1) is 7.96. The average molecular weight is 243 g/mol. The summed E-state index contributed by atoms with van der Waals surface area (Å²) < 4.78 is 1.35. The summed E-state index contributed by atoms with van der Waals surface area (Å²) in [6, 6.07) is 0. The Bertz CT molecular complexity index is 376. The largest absolute Gasteiger partial charge is 0.393 e. The Hall–Kier alpha value is -1.51. The predicted octanol–water partition coefficient (Wildman–Crippen LogP) is -2.40. The highest BCUT2D eigenvalue weighted by molar-refractivity contribution is 5.75. The molecule has 96 valence electrons. The van der Waals surface area contributed by atoms with Crippen molar-refractivity contribution in [2.24, 2.45) is 5.73 Å². The Balaban J connectivity index is 2.39. The zero-order valence-corrected chi connectivity index (χ0v) is 9.63. The summed E-state index contributed by atoms with van der Waals surface area (Å²) in [7, 11) is 0. The van der Waals surface area contributed by atoms with Crippen molar-refractivity contribution in [2.75, 3.05) is 13.2 Å². The second-order valence-corrected chi connectivity index (χ2v) is 4.04. The molecule has 1 amide bonds. The normalized spacial score (nSPS) is 14.4. The Kier molecular flexibility index (Phi) is 4.55. The molecule has 1 aromatic rings. The van der Waals surface area contributed by atoms with Crippen LogP contribution in [0, 0.1) is 0 Å². The van der Waals surface area contributed by atoms with E-state index in [9.17, 15) is 9.90 Å². The van der Waals surface area contributed by atoms with Gasteiger partial charge in [0.1, 0.15) is 12.1 Å². The van der Waals surface area contributed by atoms with Crippen LogP contribution in [0.5, 0.6) is 0 Å². The first-order valence-electron chi connectivity index (χ1n) is 5.16. The minimum absolute atomic E-state index is 0.00545. The van der Waals surface area contributed by atoms with Crippen LogP contribution in [-0.2, 0) is 17.9 Å². The highest BCUT2D eigenvalue weighted by Crippen LogP contribution is 1.98. The number of aliphatic hydroxyl groups excluding tert-OH is 1. The maximum Gasteiger partial charge on any atom is 0.241 e. The van der Waals surface area contributed by atoms with Gasteiger partial charge in [0.05, 0.1) is 18.5 Å². The van der Waals surface area contributed by atoms with E-state index in [1.54, 1.807) is 6.20 Å². The molecule has 1 unspecified atom stereocenters.